The lowest BCUT2D eigenvalue weighted by Gasteiger charge is -2.24. The molecule has 1 aliphatic heterocycles. The Morgan fingerprint density at radius 2 is 2.24 bits per heavy atom. The fourth-order valence-electron chi connectivity index (χ4n) is 3.16. The molecular weight excluding hydrogens is 400 g/mol. The van der Waals surface area contributed by atoms with Crippen molar-refractivity contribution in [3.63, 3.8) is 0 Å². The molecule has 8 heteroatoms. The molecule has 0 spiro atoms. The molecule has 1 saturated heterocycles. The number of halogens is 2. The SMILES string of the molecule is COc1cccc(/C=C/C(=O)N(Cc2cccs2)CC2CCCO2)c1OC(F)F. The number of hydrogen-bond acceptors (Lipinski definition) is 5. The van der Waals surface area contributed by atoms with Crippen LogP contribution in [0.4, 0.5) is 8.78 Å². The average molecular weight is 423 g/mol. The van der Waals surface area contributed by atoms with Crippen molar-refractivity contribution in [3.05, 3.63) is 52.2 Å². The van der Waals surface area contributed by atoms with Crippen LogP contribution in [0.25, 0.3) is 6.08 Å². The minimum absolute atomic E-state index is 0.0156. The standard InChI is InChI=1S/C21H23F2NO4S/c1-26-18-8-2-5-15(20(18)28-21(22)23)9-10-19(25)24(13-16-6-3-11-27-16)14-17-7-4-12-29-17/h2,4-5,7-10,12,16,21H,3,6,11,13-14H2,1H3/b10-9+. The molecule has 1 aliphatic rings. The van der Waals surface area contributed by atoms with Gasteiger partial charge in [-0.15, -0.1) is 11.3 Å². The third-order valence-corrected chi connectivity index (χ3v) is 5.39. The molecule has 0 aliphatic carbocycles. The Morgan fingerprint density at radius 1 is 1.38 bits per heavy atom. The number of ether oxygens (including phenoxy) is 3. The van der Waals surface area contributed by atoms with Gasteiger partial charge in [0.25, 0.3) is 0 Å². The number of alkyl halides is 2. The van der Waals surface area contributed by atoms with Gasteiger partial charge < -0.3 is 19.1 Å². The number of amides is 1. The lowest BCUT2D eigenvalue weighted by Crippen LogP contribution is -2.35. The number of hydrogen-bond donors (Lipinski definition) is 0. The number of para-hydroxylation sites is 1. The second kappa shape index (κ2) is 10.4. The fourth-order valence-corrected chi connectivity index (χ4v) is 3.88. The number of carbonyl (C=O) groups is 1. The summed E-state index contributed by atoms with van der Waals surface area (Å²) in [5.41, 5.74) is 0.339. The lowest BCUT2D eigenvalue weighted by molar-refractivity contribution is -0.128. The maximum Gasteiger partial charge on any atom is 0.387 e. The van der Waals surface area contributed by atoms with Crippen LogP contribution >= 0.6 is 11.3 Å². The molecule has 3 rings (SSSR count). The van der Waals surface area contributed by atoms with E-state index in [1.54, 1.807) is 28.4 Å². The van der Waals surface area contributed by atoms with Gasteiger partial charge in [0.15, 0.2) is 11.5 Å². The van der Waals surface area contributed by atoms with Gasteiger partial charge in [-0.25, -0.2) is 0 Å². The van der Waals surface area contributed by atoms with Crippen molar-refractivity contribution in [2.45, 2.75) is 32.1 Å². The second-order valence-electron chi connectivity index (χ2n) is 6.52. The maximum absolute atomic E-state index is 12.9. The van der Waals surface area contributed by atoms with E-state index in [1.807, 2.05) is 17.5 Å². The van der Waals surface area contributed by atoms with E-state index in [2.05, 4.69) is 4.74 Å². The maximum atomic E-state index is 12.9. The first-order valence-corrected chi connectivity index (χ1v) is 10.2. The molecule has 1 amide bonds. The molecule has 5 nitrogen and oxygen atoms in total. The summed E-state index contributed by atoms with van der Waals surface area (Å²) in [7, 11) is 1.37. The Labute approximate surface area is 172 Å². The molecule has 29 heavy (non-hydrogen) atoms. The molecule has 1 aromatic heterocycles. The van der Waals surface area contributed by atoms with Gasteiger partial charge in [0, 0.05) is 29.7 Å². The van der Waals surface area contributed by atoms with E-state index in [0.29, 0.717) is 25.3 Å². The number of nitrogens with zero attached hydrogens (tertiary/aromatic N) is 1. The molecule has 1 aromatic carbocycles. The van der Waals surface area contributed by atoms with Gasteiger partial charge in [0.05, 0.1) is 19.8 Å². The summed E-state index contributed by atoms with van der Waals surface area (Å²) in [4.78, 5) is 15.7. The van der Waals surface area contributed by atoms with Crippen LogP contribution in [0.2, 0.25) is 0 Å². The van der Waals surface area contributed by atoms with Gasteiger partial charge in [0.2, 0.25) is 5.91 Å². The van der Waals surface area contributed by atoms with Crippen molar-refractivity contribution < 1.29 is 27.8 Å². The molecule has 1 fully saturated rings. The van der Waals surface area contributed by atoms with Crippen molar-refractivity contribution in [2.24, 2.45) is 0 Å². The fraction of sp³-hybridized carbons (Fsp3) is 0.381. The van der Waals surface area contributed by atoms with Gasteiger partial charge in [-0.3, -0.25) is 4.79 Å². The summed E-state index contributed by atoms with van der Waals surface area (Å²) in [5, 5.41) is 1.96. The van der Waals surface area contributed by atoms with Crippen molar-refractivity contribution in [3.8, 4) is 11.5 Å². The highest BCUT2D eigenvalue weighted by atomic mass is 32.1. The Hall–Kier alpha value is -2.45. The first kappa shape index (κ1) is 21.3. The highest BCUT2D eigenvalue weighted by Gasteiger charge is 2.22. The number of thiophene rings is 1. The summed E-state index contributed by atoms with van der Waals surface area (Å²) in [6.45, 7) is -1.33. The van der Waals surface area contributed by atoms with E-state index >= 15 is 0 Å². The van der Waals surface area contributed by atoms with Crippen LogP contribution in [0.3, 0.4) is 0 Å². The predicted octanol–water partition coefficient (Wildman–Crippen LogP) is 4.58. The molecular formula is C21H23F2NO4S. The van der Waals surface area contributed by atoms with Crippen LogP contribution in [-0.4, -0.2) is 43.8 Å². The van der Waals surface area contributed by atoms with Gasteiger partial charge >= 0.3 is 6.61 Å². The highest BCUT2D eigenvalue weighted by molar-refractivity contribution is 7.09. The minimum atomic E-state index is -3.00. The monoisotopic (exact) mass is 423 g/mol. The topological polar surface area (TPSA) is 48.0 Å². The van der Waals surface area contributed by atoms with Crippen molar-refractivity contribution in [1.82, 2.24) is 4.90 Å². The molecule has 0 radical (unpaired) electrons. The van der Waals surface area contributed by atoms with E-state index in [9.17, 15) is 13.6 Å². The Kier molecular flexibility index (Phi) is 7.60. The molecule has 156 valence electrons. The summed E-state index contributed by atoms with van der Waals surface area (Å²) in [5.74, 6) is -0.146. The summed E-state index contributed by atoms with van der Waals surface area (Å²) < 4.78 is 41.0. The normalized spacial score (nSPS) is 16.5. The number of carbonyl (C=O) groups excluding carboxylic acids is 1. The van der Waals surface area contributed by atoms with Crippen molar-refractivity contribution in [1.29, 1.82) is 0 Å². The third-order valence-electron chi connectivity index (χ3n) is 4.53. The van der Waals surface area contributed by atoms with Gasteiger partial charge in [0.1, 0.15) is 0 Å². The summed E-state index contributed by atoms with van der Waals surface area (Å²) in [6.07, 6.45) is 4.76. The summed E-state index contributed by atoms with van der Waals surface area (Å²) in [6, 6.07) is 8.68. The molecule has 1 unspecified atom stereocenters. The van der Waals surface area contributed by atoms with Crippen molar-refractivity contribution >= 4 is 23.3 Å². The molecule has 0 saturated carbocycles. The first-order valence-electron chi connectivity index (χ1n) is 9.29. The van der Waals surface area contributed by atoms with E-state index in [4.69, 9.17) is 9.47 Å². The van der Waals surface area contributed by atoms with E-state index in [-0.39, 0.29) is 23.5 Å². The number of benzene rings is 1. The third kappa shape index (κ3) is 6.01. The van der Waals surface area contributed by atoms with Gasteiger partial charge in [-0.05, 0) is 36.4 Å². The van der Waals surface area contributed by atoms with Crippen LogP contribution in [-0.2, 0) is 16.1 Å². The predicted molar refractivity (Wildman–Crippen MR) is 107 cm³/mol. The molecule has 2 aromatic rings. The zero-order valence-electron chi connectivity index (χ0n) is 16.1. The number of rotatable bonds is 9. The molecule has 0 bridgehead atoms. The van der Waals surface area contributed by atoms with E-state index in [1.165, 1.54) is 25.3 Å². The second-order valence-corrected chi connectivity index (χ2v) is 7.56. The lowest BCUT2D eigenvalue weighted by atomic mass is 10.1. The first-order chi connectivity index (χ1) is 14.1. The number of methoxy groups -OCH3 is 1. The van der Waals surface area contributed by atoms with Crippen molar-refractivity contribution in [2.75, 3.05) is 20.3 Å². The van der Waals surface area contributed by atoms with Gasteiger partial charge in [-0.2, -0.15) is 8.78 Å². The quantitative estimate of drug-likeness (QED) is 0.554. The average Bonchev–Trinajstić information content (AvgIpc) is 3.40. The zero-order chi connectivity index (χ0) is 20.6. The van der Waals surface area contributed by atoms with Crippen LogP contribution in [0.5, 0.6) is 11.5 Å². The van der Waals surface area contributed by atoms with E-state index in [0.717, 1.165) is 17.7 Å². The van der Waals surface area contributed by atoms with E-state index < -0.39 is 6.61 Å². The smallest absolute Gasteiger partial charge is 0.387 e. The van der Waals surface area contributed by atoms with Crippen LogP contribution < -0.4 is 9.47 Å². The molecule has 1 atom stereocenters. The highest BCUT2D eigenvalue weighted by Crippen LogP contribution is 2.33. The summed E-state index contributed by atoms with van der Waals surface area (Å²) >= 11 is 1.58. The van der Waals surface area contributed by atoms with Crippen LogP contribution in [0.1, 0.15) is 23.3 Å². The Morgan fingerprint density at radius 3 is 2.90 bits per heavy atom. The zero-order valence-corrected chi connectivity index (χ0v) is 16.9. The van der Waals surface area contributed by atoms with Gasteiger partial charge in [-0.1, -0.05) is 18.2 Å². The van der Waals surface area contributed by atoms with Crippen LogP contribution in [0.15, 0.2) is 41.8 Å². The minimum Gasteiger partial charge on any atom is -0.493 e. The molecule has 2 heterocycles. The van der Waals surface area contributed by atoms with Crippen LogP contribution in [0, 0.1) is 0 Å². The Bertz CT molecular complexity index is 820. The Balaban J connectivity index is 1.78. The molecule has 0 N–H and O–H groups in total. The largest absolute Gasteiger partial charge is 0.493 e.